The molecule has 0 amide bonds. The van der Waals surface area contributed by atoms with Gasteiger partial charge in [0.15, 0.2) is 5.78 Å². The molecule has 1 aromatic rings. The summed E-state index contributed by atoms with van der Waals surface area (Å²) in [4.78, 5) is 16.5. The van der Waals surface area contributed by atoms with Gasteiger partial charge in [0.2, 0.25) is 0 Å². The van der Waals surface area contributed by atoms with E-state index < -0.39 is 0 Å². The molecule has 3 heteroatoms. The van der Waals surface area contributed by atoms with Crippen molar-refractivity contribution in [2.75, 3.05) is 13.2 Å². The van der Waals surface area contributed by atoms with Crippen LogP contribution in [0.1, 0.15) is 35.8 Å². The predicted molar refractivity (Wildman–Crippen MR) is 61.5 cm³/mol. The molecular weight excluding hydrogens is 202 g/mol. The maximum atomic E-state index is 12.2. The minimum atomic E-state index is 0.00829. The third-order valence-corrected chi connectivity index (χ3v) is 3.04. The smallest absolute Gasteiger partial charge is 0.186 e. The van der Waals surface area contributed by atoms with Gasteiger partial charge in [0, 0.05) is 18.7 Å². The first-order chi connectivity index (χ1) is 7.83. The van der Waals surface area contributed by atoms with Crippen molar-refractivity contribution in [3.63, 3.8) is 0 Å². The van der Waals surface area contributed by atoms with Crippen molar-refractivity contribution in [3.8, 4) is 0 Å². The largest absolute Gasteiger partial charge is 0.381 e. The first kappa shape index (κ1) is 11.3. The van der Waals surface area contributed by atoms with Gasteiger partial charge in [-0.25, -0.2) is 0 Å². The van der Waals surface area contributed by atoms with Gasteiger partial charge >= 0.3 is 0 Å². The molecule has 0 spiro atoms. The Kier molecular flexibility index (Phi) is 3.67. The second-order valence-corrected chi connectivity index (χ2v) is 4.14. The standard InChI is InChI=1S/C13H17NO2/c1-2-10-5-3-7-14-12(10)13(15)11-6-4-8-16-9-11/h3,5,7,11H,2,4,6,8-9H2,1H3. The molecule has 0 radical (unpaired) electrons. The van der Waals surface area contributed by atoms with Gasteiger partial charge in [-0.2, -0.15) is 0 Å². The van der Waals surface area contributed by atoms with Gasteiger partial charge in [-0.15, -0.1) is 0 Å². The summed E-state index contributed by atoms with van der Waals surface area (Å²) in [6, 6.07) is 3.86. The summed E-state index contributed by atoms with van der Waals surface area (Å²) in [7, 11) is 0. The number of rotatable bonds is 3. The summed E-state index contributed by atoms with van der Waals surface area (Å²) in [5.41, 5.74) is 1.68. The molecule has 0 aromatic carbocycles. The molecular formula is C13H17NO2. The highest BCUT2D eigenvalue weighted by atomic mass is 16.5. The number of Topliss-reactive ketones (excluding diaryl/α,β-unsaturated/α-hetero) is 1. The van der Waals surface area contributed by atoms with Gasteiger partial charge in [0.1, 0.15) is 5.69 Å². The first-order valence-electron chi connectivity index (χ1n) is 5.88. The minimum absolute atomic E-state index is 0.00829. The zero-order valence-electron chi connectivity index (χ0n) is 9.61. The van der Waals surface area contributed by atoms with E-state index in [1.807, 2.05) is 19.1 Å². The van der Waals surface area contributed by atoms with Gasteiger partial charge in [0.25, 0.3) is 0 Å². The summed E-state index contributed by atoms with van der Waals surface area (Å²) in [5, 5.41) is 0. The van der Waals surface area contributed by atoms with Crippen LogP contribution in [0.2, 0.25) is 0 Å². The number of carbonyl (C=O) groups excluding carboxylic acids is 1. The van der Waals surface area contributed by atoms with Crippen LogP contribution in [-0.4, -0.2) is 24.0 Å². The van der Waals surface area contributed by atoms with Crippen LogP contribution in [0.5, 0.6) is 0 Å². The van der Waals surface area contributed by atoms with Crippen molar-refractivity contribution in [2.24, 2.45) is 5.92 Å². The molecule has 0 aliphatic carbocycles. The van der Waals surface area contributed by atoms with E-state index in [9.17, 15) is 4.79 Å². The Morgan fingerprint density at radius 2 is 2.50 bits per heavy atom. The minimum Gasteiger partial charge on any atom is -0.381 e. The molecule has 1 atom stereocenters. The Morgan fingerprint density at radius 3 is 3.19 bits per heavy atom. The molecule has 16 heavy (non-hydrogen) atoms. The van der Waals surface area contributed by atoms with Crippen LogP contribution in [-0.2, 0) is 11.2 Å². The second kappa shape index (κ2) is 5.21. The van der Waals surface area contributed by atoms with Gasteiger partial charge in [-0.3, -0.25) is 9.78 Å². The molecule has 1 unspecified atom stereocenters. The number of nitrogens with zero attached hydrogens (tertiary/aromatic N) is 1. The topological polar surface area (TPSA) is 39.2 Å². The van der Waals surface area contributed by atoms with E-state index in [2.05, 4.69) is 4.98 Å². The van der Waals surface area contributed by atoms with E-state index in [4.69, 9.17) is 4.74 Å². The van der Waals surface area contributed by atoms with Crippen molar-refractivity contribution in [3.05, 3.63) is 29.6 Å². The van der Waals surface area contributed by atoms with Crippen LogP contribution >= 0.6 is 0 Å². The van der Waals surface area contributed by atoms with E-state index in [-0.39, 0.29) is 11.7 Å². The van der Waals surface area contributed by atoms with Crippen LogP contribution < -0.4 is 0 Å². The second-order valence-electron chi connectivity index (χ2n) is 4.14. The maximum absolute atomic E-state index is 12.2. The lowest BCUT2D eigenvalue weighted by Crippen LogP contribution is -2.26. The third kappa shape index (κ3) is 2.30. The van der Waals surface area contributed by atoms with Crippen LogP contribution in [0.25, 0.3) is 0 Å². The highest BCUT2D eigenvalue weighted by Gasteiger charge is 2.25. The molecule has 1 fully saturated rings. The van der Waals surface area contributed by atoms with Crippen LogP contribution in [0.15, 0.2) is 18.3 Å². The van der Waals surface area contributed by atoms with Crippen LogP contribution in [0, 0.1) is 5.92 Å². The summed E-state index contributed by atoms with van der Waals surface area (Å²) >= 11 is 0. The van der Waals surface area contributed by atoms with E-state index in [1.54, 1.807) is 6.20 Å². The molecule has 2 rings (SSSR count). The van der Waals surface area contributed by atoms with E-state index in [1.165, 1.54) is 0 Å². The highest BCUT2D eigenvalue weighted by Crippen LogP contribution is 2.20. The van der Waals surface area contributed by atoms with Crippen molar-refractivity contribution in [1.82, 2.24) is 4.98 Å². The highest BCUT2D eigenvalue weighted by molar-refractivity contribution is 5.97. The molecule has 0 saturated carbocycles. The summed E-state index contributed by atoms with van der Waals surface area (Å²) in [6.45, 7) is 3.39. The number of hydrogen-bond acceptors (Lipinski definition) is 3. The van der Waals surface area contributed by atoms with Crippen molar-refractivity contribution < 1.29 is 9.53 Å². The number of hydrogen-bond donors (Lipinski definition) is 0. The molecule has 0 bridgehead atoms. The number of carbonyl (C=O) groups is 1. The molecule has 86 valence electrons. The molecule has 3 nitrogen and oxygen atoms in total. The van der Waals surface area contributed by atoms with Gasteiger partial charge in [0.05, 0.1) is 6.61 Å². The molecule has 1 aromatic heterocycles. The fourth-order valence-electron chi connectivity index (χ4n) is 2.09. The molecule has 2 heterocycles. The quantitative estimate of drug-likeness (QED) is 0.732. The van der Waals surface area contributed by atoms with Gasteiger partial charge in [-0.05, 0) is 30.9 Å². The Hall–Kier alpha value is -1.22. The number of ether oxygens (including phenoxy) is 1. The summed E-state index contributed by atoms with van der Waals surface area (Å²) in [6.07, 6.45) is 4.45. The normalized spacial score (nSPS) is 20.7. The maximum Gasteiger partial charge on any atom is 0.186 e. The van der Waals surface area contributed by atoms with Crippen molar-refractivity contribution in [2.45, 2.75) is 26.2 Å². The number of pyridine rings is 1. The molecule has 1 aliphatic heterocycles. The predicted octanol–water partition coefficient (Wildman–Crippen LogP) is 2.25. The third-order valence-electron chi connectivity index (χ3n) is 3.04. The molecule has 1 aliphatic rings. The Bertz CT molecular complexity index is 370. The number of aryl methyl sites for hydroxylation is 1. The van der Waals surface area contributed by atoms with Gasteiger partial charge < -0.3 is 4.74 Å². The fourth-order valence-corrected chi connectivity index (χ4v) is 2.09. The lowest BCUT2D eigenvalue weighted by molar-refractivity contribution is 0.0457. The van der Waals surface area contributed by atoms with Crippen LogP contribution in [0.4, 0.5) is 0 Å². The van der Waals surface area contributed by atoms with Gasteiger partial charge in [-0.1, -0.05) is 13.0 Å². The Labute approximate surface area is 95.8 Å². The Balaban J connectivity index is 2.19. The monoisotopic (exact) mass is 219 g/mol. The number of aromatic nitrogens is 1. The first-order valence-corrected chi connectivity index (χ1v) is 5.88. The number of ketones is 1. The average Bonchev–Trinajstić information content (AvgIpc) is 2.39. The lowest BCUT2D eigenvalue weighted by atomic mass is 9.93. The van der Waals surface area contributed by atoms with Crippen LogP contribution in [0.3, 0.4) is 0 Å². The van der Waals surface area contributed by atoms with Crippen molar-refractivity contribution in [1.29, 1.82) is 0 Å². The fraction of sp³-hybridized carbons (Fsp3) is 0.538. The average molecular weight is 219 g/mol. The summed E-state index contributed by atoms with van der Waals surface area (Å²) in [5.74, 6) is 0.158. The summed E-state index contributed by atoms with van der Waals surface area (Å²) < 4.78 is 5.35. The lowest BCUT2D eigenvalue weighted by Gasteiger charge is -2.21. The molecule has 1 saturated heterocycles. The van der Waals surface area contributed by atoms with E-state index >= 15 is 0 Å². The van der Waals surface area contributed by atoms with E-state index in [0.29, 0.717) is 12.3 Å². The SMILES string of the molecule is CCc1cccnc1C(=O)C1CCCOC1. The zero-order chi connectivity index (χ0) is 11.4. The van der Waals surface area contributed by atoms with E-state index in [0.717, 1.165) is 31.4 Å². The Morgan fingerprint density at radius 1 is 1.62 bits per heavy atom. The van der Waals surface area contributed by atoms with Crippen molar-refractivity contribution >= 4 is 5.78 Å². The zero-order valence-corrected chi connectivity index (χ0v) is 9.61. The molecule has 0 N–H and O–H groups in total.